The highest BCUT2D eigenvalue weighted by molar-refractivity contribution is 6.43. The van der Waals surface area contributed by atoms with Crippen LogP contribution in [0.1, 0.15) is 47.9 Å². The van der Waals surface area contributed by atoms with Crippen LogP contribution in [0.2, 0.25) is 0 Å². The van der Waals surface area contributed by atoms with Gasteiger partial charge in [-0.2, -0.15) is 5.10 Å². The molecule has 0 fully saturated rings. The quantitative estimate of drug-likeness (QED) is 0.485. The molecule has 1 aromatic carbocycles. The van der Waals surface area contributed by atoms with Gasteiger partial charge in [0.25, 0.3) is 11.7 Å². The first-order chi connectivity index (χ1) is 11.1. The van der Waals surface area contributed by atoms with Gasteiger partial charge in [-0.25, -0.2) is 4.68 Å². The predicted octanol–water partition coefficient (Wildman–Crippen LogP) is 2.98. The van der Waals surface area contributed by atoms with E-state index >= 15 is 0 Å². The SMILES string of the molecule is CCCCCNC(=O)C(=O)c1c(C)nn(-c2ccccc2)c1C. The van der Waals surface area contributed by atoms with Gasteiger partial charge < -0.3 is 5.32 Å². The molecule has 2 aromatic rings. The van der Waals surface area contributed by atoms with E-state index in [-0.39, 0.29) is 0 Å². The Labute approximate surface area is 136 Å². The van der Waals surface area contributed by atoms with Gasteiger partial charge >= 0.3 is 0 Å². The summed E-state index contributed by atoms with van der Waals surface area (Å²) in [5, 5.41) is 7.10. The van der Waals surface area contributed by atoms with Crippen LogP contribution in [0.4, 0.5) is 0 Å². The van der Waals surface area contributed by atoms with Crippen molar-refractivity contribution in [2.24, 2.45) is 0 Å². The van der Waals surface area contributed by atoms with Crippen LogP contribution in [-0.4, -0.2) is 28.0 Å². The zero-order valence-corrected chi connectivity index (χ0v) is 13.9. The largest absolute Gasteiger partial charge is 0.349 e. The van der Waals surface area contributed by atoms with Gasteiger partial charge in [0, 0.05) is 6.54 Å². The molecule has 1 amide bonds. The number of nitrogens with one attached hydrogen (secondary N) is 1. The average molecular weight is 313 g/mol. The molecule has 122 valence electrons. The Kier molecular flexibility index (Phi) is 5.68. The summed E-state index contributed by atoms with van der Waals surface area (Å²) < 4.78 is 1.70. The topological polar surface area (TPSA) is 64.0 Å². The fourth-order valence-electron chi connectivity index (χ4n) is 2.56. The highest BCUT2D eigenvalue weighted by Gasteiger charge is 2.24. The normalized spacial score (nSPS) is 10.6. The van der Waals surface area contributed by atoms with Crippen molar-refractivity contribution in [1.29, 1.82) is 0 Å². The molecule has 0 saturated carbocycles. The van der Waals surface area contributed by atoms with E-state index in [1.165, 1.54) is 0 Å². The van der Waals surface area contributed by atoms with Crippen molar-refractivity contribution < 1.29 is 9.59 Å². The van der Waals surface area contributed by atoms with Crippen molar-refractivity contribution in [2.75, 3.05) is 6.54 Å². The number of aromatic nitrogens is 2. The standard InChI is InChI=1S/C18H23N3O2/c1-4-5-9-12-19-18(23)17(22)16-13(2)20-21(14(16)3)15-10-7-6-8-11-15/h6-8,10-11H,4-5,9,12H2,1-3H3,(H,19,23). The van der Waals surface area contributed by atoms with Gasteiger partial charge in [-0.3, -0.25) is 9.59 Å². The minimum Gasteiger partial charge on any atom is -0.349 e. The van der Waals surface area contributed by atoms with Crippen molar-refractivity contribution in [2.45, 2.75) is 40.0 Å². The Hall–Kier alpha value is -2.43. The summed E-state index contributed by atoms with van der Waals surface area (Å²) in [6, 6.07) is 9.57. The number of ketones is 1. The van der Waals surface area contributed by atoms with E-state index in [2.05, 4.69) is 17.3 Å². The van der Waals surface area contributed by atoms with Crippen LogP contribution in [-0.2, 0) is 4.79 Å². The number of benzene rings is 1. The molecule has 0 saturated heterocycles. The van der Waals surface area contributed by atoms with E-state index in [0.29, 0.717) is 23.5 Å². The number of unbranched alkanes of at least 4 members (excludes halogenated alkanes) is 2. The molecule has 0 aliphatic rings. The van der Waals surface area contributed by atoms with Crippen molar-refractivity contribution in [3.63, 3.8) is 0 Å². The Morgan fingerprint density at radius 3 is 2.48 bits per heavy atom. The van der Waals surface area contributed by atoms with Crippen LogP contribution in [0.5, 0.6) is 0 Å². The number of aryl methyl sites for hydroxylation is 1. The zero-order valence-electron chi connectivity index (χ0n) is 13.9. The Balaban J connectivity index is 2.18. The number of hydrogen-bond donors (Lipinski definition) is 1. The van der Waals surface area contributed by atoms with Crippen LogP contribution in [0.25, 0.3) is 5.69 Å². The molecule has 1 aromatic heterocycles. The number of nitrogens with zero attached hydrogens (tertiary/aromatic N) is 2. The molecule has 23 heavy (non-hydrogen) atoms. The molecular formula is C18H23N3O2. The van der Waals surface area contributed by atoms with E-state index in [4.69, 9.17) is 0 Å². The lowest BCUT2D eigenvalue weighted by molar-refractivity contribution is -0.117. The van der Waals surface area contributed by atoms with Gasteiger partial charge in [-0.05, 0) is 32.4 Å². The van der Waals surface area contributed by atoms with E-state index in [9.17, 15) is 9.59 Å². The molecule has 0 atom stereocenters. The number of hydrogen-bond acceptors (Lipinski definition) is 3. The lowest BCUT2D eigenvalue weighted by atomic mass is 10.1. The Bertz CT molecular complexity index is 690. The highest BCUT2D eigenvalue weighted by atomic mass is 16.2. The fourth-order valence-corrected chi connectivity index (χ4v) is 2.56. The second-order valence-corrected chi connectivity index (χ2v) is 5.59. The van der Waals surface area contributed by atoms with Gasteiger partial charge in [-0.15, -0.1) is 0 Å². The molecule has 5 heteroatoms. The van der Waals surface area contributed by atoms with E-state index in [1.54, 1.807) is 11.6 Å². The Morgan fingerprint density at radius 1 is 1.13 bits per heavy atom. The monoisotopic (exact) mass is 313 g/mol. The van der Waals surface area contributed by atoms with Crippen LogP contribution in [0.3, 0.4) is 0 Å². The first-order valence-corrected chi connectivity index (χ1v) is 8.00. The number of carbonyl (C=O) groups is 2. The average Bonchev–Trinajstić information content (AvgIpc) is 2.86. The molecule has 0 spiro atoms. The molecule has 0 aliphatic carbocycles. The zero-order chi connectivity index (χ0) is 16.8. The van der Waals surface area contributed by atoms with Crippen LogP contribution in [0.15, 0.2) is 30.3 Å². The van der Waals surface area contributed by atoms with Crippen LogP contribution >= 0.6 is 0 Å². The number of para-hydroxylation sites is 1. The third-order valence-electron chi connectivity index (χ3n) is 3.79. The second-order valence-electron chi connectivity index (χ2n) is 5.59. The molecule has 2 rings (SSSR count). The lowest BCUT2D eigenvalue weighted by Gasteiger charge is -2.06. The first-order valence-electron chi connectivity index (χ1n) is 8.00. The maximum absolute atomic E-state index is 12.4. The molecule has 0 bridgehead atoms. The summed E-state index contributed by atoms with van der Waals surface area (Å²) in [5.41, 5.74) is 2.51. The van der Waals surface area contributed by atoms with Crippen LogP contribution in [0, 0.1) is 13.8 Å². The molecule has 0 unspecified atom stereocenters. The van der Waals surface area contributed by atoms with Gasteiger partial charge in [-0.1, -0.05) is 38.0 Å². The summed E-state index contributed by atoms with van der Waals surface area (Å²) >= 11 is 0. The maximum Gasteiger partial charge on any atom is 0.292 e. The number of rotatable bonds is 7. The van der Waals surface area contributed by atoms with Gasteiger partial charge in [0.1, 0.15) is 0 Å². The van der Waals surface area contributed by atoms with Crippen molar-refractivity contribution in [3.8, 4) is 5.69 Å². The number of Topliss-reactive ketones (excluding diaryl/α,β-unsaturated/α-hetero) is 1. The number of carbonyl (C=O) groups excluding carboxylic acids is 2. The molecule has 0 radical (unpaired) electrons. The van der Waals surface area contributed by atoms with Gasteiger partial charge in [0.15, 0.2) is 0 Å². The van der Waals surface area contributed by atoms with Crippen molar-refractivity contribution in [3.05, 3.63) is 47.3 Å². The highest BCUT2D eigenvalue weighted by Crippen LogP contribution is 2.18. The second kappa shape index (κ2) is 7.72. The molecule has 5 nitrogen and oxygen atoms in total. The van der Waals surface area contributed by atoms with Crippen molar-refractivity contribution >= 4 is 11.7 Å². The van der Waals surface area contributed by atoms with Crippen molar-refractivity contribution in [1.82, 2.24) is 15.1 Å². The number of amides is 1. The third kappa shape index (κ3) is 3.86. The maximum atomic E-state index is 12.4. The summed E-state index contributed by atoms with van der Waals surface area (Å²) in [7, 11) is 0. The smallest absolute Gasteiger partial charge is 0.292 e. The summed E-state index contributed by atoms with van der Waals surface area (Å²) in [6.45, 7) is 6.19. The summed E-state index contributed by atoms with van der Waals surface area (Å²) in [5.74, 6) is -1.07. The molecule has 1 heterocycles. The minimum absolute atomic E-state index is 0.391. The summed E-state index contributed by atoms with van der Waals surface area (Å²) in [4.78, 5) is 24.5. The van der Waals surface area contributed by atoms with E-state index in [0.717, 1.165) is 24.9 Å². The molecule has 1 N–H and O–H groups in total. The summed E-state index contributed by atoms with van der Waals surface area (Å²) in [6.07, 6.45) is 3.00. The third-order valence-corrected chi connectivity index (χ3v) is 3.79. The fraction of sp³-hybridized carbons (Fsp3) is 0.389. The minimum atomic E-state index is -0.556. The Morgan fingerprint density at radius 2 is 1.83 bits per heavy atom. The van der Waals surface area contributed by atoms with E-state index < -0.39 is 11.7 Å². The predicted molar refractivity (Wildman–Crippen MR) is 89.9 cm³/mol. The van der Waals surface area contributed by atoms with Gasteiger partial charge in [0.2, 0.25) is 0 Å². The lowest BCUT2D eigenvalue weighted by Crippen LogP contribution is -2.32. The van der Waals surface area contributed by atoms with E-state index in [1.807, 2.05) is 37.3 Å². The molecular weight excluding hydrogens is 290 g/mol. The first kappa shape index (κ1) is 16.9. The van der Waals surface area contributed by atoms with Gasteiger partial charge in [0.05, 0.1) is 22.6 Å². The van der Waals surface area contributed by atoms with Crippen LogP contribution < -0.4 is 5.32 Å². The molecule has 0 aliphatic heterocycles.